The first kappa shape index (κ1) is 15.7. The van der Waals surface area contributed by atoms with E-state index in [-0.39, 0.29) is 0 Å². The number of rotatable bonds is 3. The molecule has 23 heavy (non-hydrogen) atoms. The molecule has 1 spiro atoms. The summed E-state index contributed by atoms with van der Waals surface area (Å²) in [5.41, 5.74) is 3.71. The number of benzene rings is 1. The molecule has 0 bridgehead atoms. The van der Waals surface area contributed by atoms with E-state index in [0.717, 1.165) is 24.7 Å². The predicted molar refractivity (Wildman–Crippen MR) is 97.1 cm³/mol. The second-order valence-electron chi connectivity index (χ2n) is 7.67. The minimum Gasteiger partial charge on any atom is -0.314 e. The fraction of sp³-hybridized carbons (Fsp3) is 0.600. The molecule has 1 unspecified atom stereocenters. The predicted octanol–water partition coefficient (Wildman–Crippen LogP) is 4.22. The van der Waals surface area contributed by atoms with Gasteiger partial charge in [0.15, 0.2) is 0 Å². The van der Waals surface area contributed by atoms with Crippen molar-refractivity contribution >= 4 is 11.6 Å². The minimum atomic E-state index is 0.594. The van der Waals surface area contributed by atoms with Gasteiger partial charge in [-0.15, -0.1) is 0 Å². The molecule has 1 saturated carbocycles. The molecule has 0 radical (unpaired) electrons. The topological polar surface area (TPSA) is 15.3 Å². The summed E-state index contributed by atoms with van der Waals surface area (Å²) in [6.45, 7) is 5.75. The van der Waals surface area contributed by atoms with E-state index in [0.29, 0.717) is 11.3 Å². The molecule has 1 heterocycles. The van der Waals surface area contributed by atoms with Crippen molar-refractivity contribution in [1.82, 2.24) is 10.2 Å². The van der Waals surface area contributed by atoms with Crippen molar-refractivity contribution in [1.29, 1.82) is 0 Å². The monoisotopic (exact) mass is 330 g/mol. The van der Waals surface area contributed by atoms with E-state index in [2.05, 4.69) is 40.6 Å². The van der Waals surface area contributed by atoms with Gasteiger partial charge in [0.2, 0.25) is 0 Å². The normalized spacial score (nSPS) is 27.5. The lowest BCUT2D eigenvalue weighted by Crippen LogP contribution is -2.45. The van der Waals surface area contributed by atoms with Crippen LogP contribution in [-0.4, -0.2) is 37.6 Å². The molecule has 3 heteroatoms. The summed E-state index contributed by atoms with van der Waals surface area (Å²) in [5.74, 6) is 0.594. The van der Waals surface area contributed by atoms with Crippen LogP contribution < -0.4 is 5.32 Å². The number of hydrogen-bond donors (Lipinski definition) is 1. The second-order valence-corrected chi connectivity index (χ2v) is 8.11. The summed E-state index contributed by atoms with van der Waals surface area (Å²) in [4.78, 5) is 2.62. The SMILES string of the molecule is Clc1ccc(C2CC3(CC=C2CN2CCNCC2)CCC3)cc1. The quantitative estimate of drug-likeness (QED) is 0.835. The number of hydrogen-bond acceptors (Lipinski definition) is 2. The molecule has 2 fully saturated rings. The van der Waals surface area contributed by atoms with Crippen molar-refractivity contribution in [3.8, 4) is 0 Å². The van der Waals surface area contributed by atoms with Crippen molar-refractivity contribution < 1.29 is 0 Å². The van der Waals surface area contributed by atoms with Crippen LogP contribution in [0.2, 0.25) is 5.02 Å². The van der Waals surface area contributed by atoms with Gasteiger partial charge in [-0.2, -0.15) is 0 Å². The van der Waals surface area contributed by atoms with E-state index in [4.69, 9.17) is 11.6 Å². The molecule has 4 rings (SSSR count). The Balaban J connectivity index is 1.56. The van der Waals surface area contributed by atoms with E-state index in [9.17, 15) is 0 Å². The Morgan fingerprint density at radius 2 is 1.87 bits per heavy atom. The van der Waals surface area contributed by atoms with Gasteiger partial charge in [-0.1, -0.05) is 41.8 Å². The van der Waals surface area contributed by atoms with E-state index in [1.54, 1.807) is 5.57 Å². The Labute approximate surface area is 144 Å². The first-order valence-electron chi connectivity index (χ1n) is 9.12. The van der Waals surface area contributed by atoms with Crippen molar-refractivity contribution in [3.63, 3.8) is 0 Å². The molecular formula is C20H27ClN2. The average Bonchev–Trinajstić information content (AvgIpc) is 2.56. The Hall–Kier alpha value is -0.830. The summed E-state index contributed by atoms with van der Waals surface area (Å²) >= 11 is 6.11. The Kier molecular flexibility index (Phi) is 4.49. The molecule has 124 valence electrons. The Bertz CT molecular complexity index is 568. The van der Waals surface area contributed by atoms with Gasteiger partial charge in [0.05, 0.1) is 0 Å². The number of halogens is 1. The van der Waals surface area contributed by atoms with Gasteiger partial charge in [-0.05, 0) is 48.8 Å². The molecule has 3 aliphatic rings. The molecule has 0 amide bonds. The lowest BCUT2D eigenvalue weighted by molar-refractivity contribution is 0.105. The number of nitrogens with zero attached hydrogens (tertiary/aromatic N) is 1. The number of piperazine rings is 1. The molecule has 2 nitrogen and oxygen atoms in total. The maximum atomic E-state index is 6.11. The minimum absolute atomic E-state index is 0.594. The molecule has 1 aromatic carbocycles. The highest BCUT2D eigenvalue weighted by atomic mass is 35.5. The van der Waals surface area contributed by atoms with Crippen LogP contribution >= 0.6 is 11.6 Å². The average molecular weight is 331 g/mol. The lowest BCUT2D eigenvalue weighted by atomic mass is 9.58. The van der Waals surface area contributed by atoms with E-state index >= 15 is 0 Å². The van der Waals surface area contributed by atoms with Crippen LogP contribution in [-0.2, 0) is 0 Å². The van der Waals surface area contributed by atoms with E-state index in [1.807, 2.05) is 0 Å². The Morgan fingerprint density at radius 3 is 2.52 bits per heavy atom. The fourth-order valence-corrected chi connectivity index (χ4v) is 4.68. The van der Waals surface area contributed by atoms with E-state index < -0.39 is 0 Å². The third kappa shape index (κ3) is 3.35. The summed E-state index contributed by atoms with van der Waals surface area (Å²) in [5, 5.41) is 4.30. The van der Waals surface area contributed by atoms with Crippen LogP contribution in [0.25, 0.3) is 0 Å². The van der Waals surface area contributed by atoms with Gasteiger partial charge < -0.3 is 5.32 Å². The first-order valence-corrected chi connectivity index (χ1v) is 9.49. The highest BCUT2D eigenvalue weighted by Crippen LogP contribution is 2.55. The van der Waals surface area contributed by atoms with Crippen molar-refractivity contribution in [2.45, 2.75) is 38.0 Å². The van der Waals surface area contributed by atoms with Crippen molar-refractivity contribution in [2.75, 3.05) is 32.7 Å². The molecule has 1 aliphatic heterocycles. The second kappa shape index (κ2) is 6.58. The lowest BCUT2D eigenvalue weighted by Gasteiger charge is -2.48. The van der Waals surface area contributed by atoms with Crippen molar-refractivity contribution in [2.24, 2.45) is 5.41 Å². The molecule has 0 aromatic heterocycles. The molecule has 1 atom stereocenters. The maximum absolute atomic E-state index is 6.11. The van der Waals surface area contributed by atoms with Gasteiger partial charge in [0.1, 0.15) is 0 Å². The maximum Gasteiger partial charge on any atom is 0.0406 e. The fourth-order valence-electron chi connectivity index (χ4n) is 4.55. The third-order valence-electron chi connectivity index (χ3n) is 6.18. The highest BCUT2D eigenvalue weighted by molar-refractivity contribution is 6.30. The summed E-state index contributed by atoms with van der Waals surface area (Å²) in [7, 11) is 0. The molecule has 2 aliphatic carbocycles. The first-order chi connectivity index (χ1) is 11.2. The zero-order valence-corrected chi connectivity index (χ0v) is 14.6. The van der Waals surface area contributed by atoms with Crippen LogP contribution in [0.15, 0.2) is 35.9 Å². The zero-order chi connectivity index (χ0) is 15.7. The van der Waals surface area contributed by atoms with Gasteiger partial charge in [0.25, 0.3) is 0 Å². The summed E-state index contributed by atoms with van der Waals surface area (Å²) in [6, 6.07) is 8.61. The zero-order valence-electron chi connectivity index (χ0n) is 13.9. The van der Waals surface area contributed by atoms with Crippen LogP contribution in [0.1, 0.15) is 43.6 Å². The smallest absolute Gasteiger partial charge is 0.0406 e. The van der Waals surface area contributed by atoms with Crippen LogP contribution in [0, 0.1) is 5.41 Å². The van der Waals surface area contributed by atoms with Gasteiger partial charge >= 0.3 is 0 Å². The van der Waals surface area contributed by atoms with Gasteiger partial charge in [0, 0.05) is 43.7 Å². The Morgan fingerprint density at radius 1 is 1.13 bits per heavy atom. The highest BCUT2D eigenvalue weighted by Gasteiger charge is 2.41. The number of allylic oxidation sites excluding steroid dienone is 1. The molecular weight excluding hydrogens is 304 g/mol. The largest absolute Gasteiger partial charge is 0.314 e. The van der Waals surface area contributed by atoms with Crippen molar-refractivity contribution in [3.05, 3.63) is 46.5 Å². The summed E-state index contributed by atoms with van der Waals surface area (Å²) < 4.78 is 0. The molecule has 1 N–H and O–H groups in total. The number of nitrogens with one attached hydrogen (secondary N) is 1. The van der Waals surface area contributed by atoms with Crippen LogP contribution in [0.3, 0.4) is 0 Å². The third-order valence-corrected chi connectivity index (χ3v) is 6.44. The van der Waals surface area contributed by atoms with Crippen LogP contribution in [0.4, 0.5) is 0 Å². The van der Waals surface area contributed by atoms with E-state index in [1.165, 1.54) is 50.8 Å². The standard InChI is InChI=1S/C20H27ClN2/c21-18-4-2-16(3-5-18)19-14-20(7-1-8-20)9-6-17(19)15-23-12-10-22-11-13-23/h2-6,19,22H,1,7-15H2. The molecule has 1 aromatic rings. The van der Waals surface area contributed by atoms with Gasteiger partial charge in [-0.25, -0.2) is 0 Å². The van der Waals surface area contributed by atoms with Crippen LogP contribution in [0.5, 0.6) is 0 Å². The summed E-state index contributed by atoms with van der Waals surface area (Å²) in [6.07, 6.45) is 9.51. The van der Waals surface area contributed by atoms with Gasteiger partial charge in [-0.3, -0.25) is 4.90 Å². The molecule has 1 saturated heterocycles.